The van der Waals surface area contributed by atoms with Gasteiger partial charge in [0.15, 0.2) is 6.23 Å². The van der Waals surface area contributed by atoms with Crippen molar-refractivity contribution in [1.82, 2.24) is 16.0 Å². The first-order valence-electron chi connectivity index (χ1n) is 11.2. The van der Waals surface area contributed by atoms with E-state index in [1.54, 1.807) is 0 Å². The van der Waals surface area contributed by atoms with E-state index in [0.29, 0.717) is 29.8 Å². The van der Waals surface area contributed by atoms with Gasteiger partial charge < -0.3 is 14.2 Å². The average molecular weight is 447 g/mol. The van der Waals surface area contributed by atoms with Gasteiger partial charge in [-0.25, -0.2) is 25.2 Å². The van der Waals surface area contributed by atoms with E-state index in [9.17, 15) is 14.4 Å². The largest absolute Gasteiger partial charge is 0.450 e. The summed E-state index contributed by atoms with van der Waals surface area (Å²) in [4.78, 5) is 36.6. The molecule has 3 unspecified atom stereocenters. The summed E-state index contributed by atoms with van der Waals surface area (Å²) in [5.74, 6) is 0.947. The molecule has 10 heteroatoms. The number of ether oxygens (including phenoxy) is 3. The summed E-state index contributed by atoms with van der Waals surface area (Å²) in [5, 5.41) is 0.494. The second-order valence-electron chi connectivity index (χ2n) is 8.38. The maximum Gasteiger partial charge on any atom is 0.450 e. The van der Waals surface area contributed by atoms with Crippen molar-refractivity contribution in [2.75, 3.05) is 13.2 Å². The Kier molecular flexibility index (Phi) is 15.3. The molecule has 182 valence electrons. The van der Waals surface area contributed by atoms with Crippen LogP contribution in [0, 0.1) is 17.8 Å². The molecule has 3 atom stereocenters. The first-order valence-corrected chi connectivity index (χ1v) is 11.2. The van der Waals surface area contributed by atoms with Gasteiger partial charge in [0.1, 0.15) is 0 Å². The lowest BCUT2D eigenvalue weighted by Gasteiger charge is -2.24. The summed E-state index contributed by atoms with van der Waals surface area (Å²) < 4.78 is 15.3. The number of nitrogens with one attached hydrogen (secondary N) is 2. The third-order valence-electron chi connectivity index (χ3n) is 4.69. The minimum absolute atomic E-state index is 0.166. The van der Waals surface area contributed by atoms with Crippen molar-refractivity contribution in [3.05, 3.63) is 0 Å². The molecule has 4 N–H and O–H groups in total. The summed E-state index contributed by atoms with van der Waals surface area (Å²) in [6.07, 6.45) is 0.941. The molecule has 0 aromatic heterocycles. The minimum Gasteiger partial charge on any atom is -0.448 e. The fourth-order valence-electron chi connectivity index (χ4n) is 2.46. The fraction of sp³-hybridized carbons (Fsp3) is 0.857. The zero-order valence-electron chi connectivity index (χ0n) is 19.9. The van der Waals surface area contributed by atoms with Crippen molar-refractivity contribution >= 4 is 18.3 Å². The summed E-state index contributed by atoms with van der Waals surface area (Å²) >= 11 is 0. The van der Waals surface area contributed by atoms with Crippen LogP contribution in [0.15, 0.2) is 0 Å². The maximum atomic E-state index is 12.4. The number of hydrogen-bond donors (Lipinski definition) is 3. The van der Waals surface area contributed by atoms with Gasteiger partial charge in [-0.3, -0.25) is 5.73 Å². The van der Waals surface area contributed by atoms with E-state index in [2.05, 4.69) is 10.9 Å². The predicted octanol–water partition coefficient (Wildman–Crippen LogP) is 4.30. The smallest absolute Gasteiger partial charge is 0.448 e. The normalized spacial score (nSPS) is 13.7. The van der Waals surface area contributed by atoms with Gasteiger partial charge in [-0.05, 0) is 43.4 Å². The lowest BCUT2D eigenvalue weighted by Crippen LogP contribution is -2.57. The highest BCUT2D eigenvalue weighted by molar-refractivity contribution is 5.77. The maximum absolute atomic E-state index is 12.4. The monoisotopic (exact) mass is 446 g/mol. The van der Waals surface area contributed by atoms with E-state index in [0.717, 1.165) is 25.7 Å². The molecule has 0 saturated heterocycles. The molecule has 0 radical (unpaired) electrons. The second kappa shape index (κ2) is 16.5. The molecule has 10 nitrogen and oxygen atoms in total. The van der Waals surface area contributed by atoms with Crippen LogP contribution in [-0.4, -0.2) is 42.8 Å². The van der Waals surface area contributed by atoms with Crippen molar-refractivity contribution < 1.29 is 28.6 Å². The van der Waals surface area contributed by atoms with Gasteiger partial charge in [0.25, 0.3) is 0 Å². The van der Waals surface area contributed by atoms with Crippen LogP contribution in [0.5, 0.6) is 0 Å². The molecule has 0 aromatic carbocycles. The average Bonchev–Trinajstić information content (AvgIpc) is 2.70. The van der Waals surface area contributed by atoms with Crippen LogP contribution in [-0.2, 0) is 14.2 Å². The molecule has 3 amide bonds. The Morgan fingerprint density at radius 1 is 0.871 bits per heavy atom. The molecule has 0 rings (SSSR count). The Bertz CT molecular complexity index is 532. The van der Waals surface area contributed by atoms with Crippen molar-refractivity contribution in [3.8, 4) is 0 Å². The Morgan fingerprint density at radius 2 is 1.48 bits per heavy atom. The third-order valence-corrected chi connectivity index (χ3v) is 4.69. The van der Waals surface area contributed by atoms with Gasteiger partial charge >= 0.3 is 18.3 Å². The van der Waals surface area contributed by atoms with E-state index in [-0.39, 0.29) is 19.1 Å². The number of nitrogens with two attached hydrogens (primary N) is 1. The lowest BCUT2D eigenvalue weighted by molar-refractivity contribution is 0.0176. The van der Waals surface area contributed by atoms with Crippen LogP contribution < -0.4 is 16.6 Å². The quantitative estimate of drug-likeness (QED) is 0.231. The van der Waals surface area contributed by atoms with Crippen LogP contribution in [0.25, 0.3) is 0 Å². The number of hydrazine groups is 2. The van der Waals surface area contributed by atoms with Crippen LogP contribution in [0.3, 0.4) is 0 Å². The summed E-state index contributed by atoms with van der Waals surface area (Å²) in [6, 6.07) is 0. The zero-order valence-corrected chi connectivity index (χ0v) is 19.9. The first-order chi connectivity index (χ1) is 14.6. The Labute approximate surface area is 186 Å². The topological polar surface area (TPSA) is 132 Å². The highest BCUT2D eigenvalue weighted by atomic mass is 16.6. The van der Waals surface area contributed by atoms with Crippen molar-refractivity contribution in [2.45, 2.75) is 86.3 Å². The van der Waals surface area contributed by atoms with Gasteiger partial charge in [0.05, 0.1) is 13.2 Å². The molecule has 0 fully saturated rings. The molecule has 31 heavy (non-hydrogen) atoms. The van der Waals surface area contributed by atoms with E-state index >= 15 is 0 Å². The van der Waals surface area contributed by atoms with Gasteiger partial charge in [0.2, 0.25) is 0 Å². The molecule has 0 spiro atoms. The number of amides is 3. The van der Waals surface area contributed by atoms with E-state index in [1.807, 2.05) is 41.5 Å². The Balaban J connectivity index is 4.84. The SMILES string of the molecule is CCCC(C)COC(=O)NN(NC(=O)OCCC(C)CC)C(=O)OC(N)CCC(C)C. The summed E-state index contributed by atoms with van der Waals surface area (Å²) in [6.45, 7) is 12.5. The first kappa shape index (κ1) is 28.8. The van der Waals surface area contributed by atoms with Crippen LogP contribution in [0.1, 0.15) is 80.1 Å². The Morgan fingerprint density at radius 3 is 2.03 bits per heavy atom. The van der Waals surface area contributed by atoms with Gasteiger partial charge in [-0.1, -0.05) is 54.4 Å². The number of rotatable bonds is 12. The van der Waals surface area contributed by atoms with Gasteiger partial charge in [0, 0.05) is 0 Å². The highest BCUT2D eigenvalue weighted by Gasteiger charge is 2.24. The molecule has 0 aromatic rings. The summed E-state index contributed by atoms with van der Waals surface area (Å²) in [5.41, 5.74) is 10.1. The molecule has 0 heterocycles. The van der Waals surface area contributed by atoms with Gasteiger partial charge in [-0.2, -0.15) is 0 Å². The molecular formula is C21H42N4O6. The Hall–Kier alpha value is -2.23. The number of nitrogens with zero attached hydrogens (tertiary/aromatic N) is 1. The fourth-order valence-corrected chi connectivity index (χ4v) is 2.46. The molecule has 0 bridgehead atoms. The van der Waals surface area contributed by atoms with Crippen LogP contribution >= 0.6 is 0 Å². The van der Waals surface area contributed by atoms with E-state index in [4.69, 9.17) is 19.9 Å². The lowest BCUT2D eigenvalue weighted by atomic mass is 10.1. The molecular weight excluding hydrogens is 404 g/mol. The molecule has 0 aliphatic rings. The van der Waals surface area contributed by atoms with Gasteiger partial charge in [-0.15, -0.1) is 5.12 Å². The molecule has 0 saturated carbocycles. The van der Waals surface area contributed by atoms with Crippen molar-refractivity contribution in [3.63, 3.8) is 0 Å². The zero-order chi connectivity index (χ0) is 23.8. The van der Waals surface area contributed by atoms with E-state index < -0.39 is 24.5 Å². The molecule has 0 aliphatic carbocycles. The predicted molar refractivity (Wildman–Crippen MR) is 117 cm³/mol. The minimum atomic E-state index is -1.05. The number of carbonyl (C=O) groups is 3. The third kappa shape index (κ3) is 15.3. The molecule has 0 aliphatic heterocycles. The number of carbonyl (C=O) groups excluding carboxylic acids is 3. The van der Waals surface area contributed by atoms with E-state index in [1.165, 1.54) is 0 Å². The number of hydrogen-bond acceptors (Lipinski definition) is 7. The van der Waals surface area contributed by atoms with Crippen molar-refractivity contribution in [2.24, 2.45) is 23.5 Å². The second-order valence-corrected chi connectivity index (χ2v) is 8.38. The van der Waals surface area contributed by atoms with Crippen LogP contribution in [0.4, 0.5) is 14.4 Å². The highest BCUT2D eigenvalue weighted by Crippen LogP contribution is 2.08. The standard InChI is InChI=1S/C21H42N4O6/c1-7-9-17(6)14-30-20(27)24-25(21(28)31-18(22)11-10-15(3)4)23-19(26)29-13-12-16(5)8-2/h15-18H,7-14,22H2,1-6H3,(H,23,26)(H,24,27). The summed E-state index contributed by atoms with van der Waals surface area (Å²) in [7, 11) is 0. The van der Waals surface area contributed by atoms with Crippen LogP contribution in [0.2, 0.25) is 0 Å². The van der Waals surface area contributed by atoms with Crippen molar-refractivity contribution in [1.29, 1.82) is 0 Å².